The van der Waals surface area contributed by atoms with Crippen LogP contribution in [0.1, 0.15) is 5.56 Å². The Kier molecular flexibility index (Phi) is 3.92. The first-order valence-corrected chi connectivity index (χ1v) is 6.08. The van der Waals surface area contributed by atoms with Crippen LogP contribution in [0.3, 0.4) is 0 Å². The number of hydrogen-bond donors (Lipinski definition) is 3. The SMILES string of the molecule is COCCc1c(N)cc(N)cc1-c1cccc(O)c1. The number of phenolic OH excluding ortho intramolecular Hbond substituents is 1. The van der Waals surface area contributed by atoms with Crippen molar-refractivity contribution < 1.29 is 9.84 Å². The van der Waals surface area contributed by atoms with Crippen molar-refractivity contribution in [2.45, 2.75) is 6.42 Å². The highest BCUT2D eigenvalue weighted by molar-refractivity contribution is 5.78. The first-order valence-electron chi connectivity index (χ1n) is 6.08. The quantitative estimate of drug-likeness (QED) is 0.735. The van der Waals surface area contributed by atoms with Crippen LogP contribution in [0.2, 0.25) is 0 Å². The van der Waals surface area contributed by atoms with Crippen molar-refractivity contribution in [3.63, 3.8) is 0 Å². The lowest BCUT2D eigenvalue weighted by Crippen LogP contribution is -2.03. The number of aromatic hydroxyl groups is 1. The summed E-state index contributed by atoms with van der Waals surface area (Å²) in [5, 5.41) is 9.59. The highest BCUT2D eigenvalue weighted by Gasteiger charge is 2.10. The van der Waals surface area contributed by atoms with E-state index in [0.29, 0.717) is 24.4 Å². The highest BCUT2D eigenvalue weighted by atomic mass is 16.5. The average molecular weight is 258 g/mol. The molecule has 0 saturated carbocycles. The first-order chi connectivity index (χ1) is 9.11. The Bertz CT molecular complexity index is 582. The van der Waals surface area contributed by atoms with Crippen molar-refractivity contribution in [1.29, 1.82) is 0 Å². The van der Waals surface area contributed by atoms with Crippen LogP contribution in [0, 0.1) is 0 Å². The van der Waals surface area contributed by atoms with E-state index < -0.39 is 0 Å². The molecule has 0 aliphatic rings. The molecule has 2 aromatic rings. The lowest BCUT2D eigenvalue weighted by atomic mass is 9.95. The van der Waals surface area contributed by atoms with Gasteiger partial charge in [-0.2, -0.15) is 0 Å². The number of nitrogen functional groups attached to an aromatic ring is 2. The first kappa shape index (κ1) is 13.2. The van der Waals surface area contributed by atoms with E-state index >= 15 is 0 Å². The van der Waals surface area contributed by atoms with Crippen molar-refractivity contribution in [3.8, 4) is 16.9 Å². The number of ether oxygens (including phenoxy) is 1. The number of phenols is 1. The number of hydrogen-bond acceptors (Lipinski definition) is 4. The van der Waals surface area contributed by atoms with E-state index in [4.69, 9.17) is 16.2 Å². The van der Waals surface area contributed by atoms with Gasteiger partial charge in [0.2, 0.25) is 0 Å². The van der Waals surface area contributed by atoms with Gasteiger partial charge in [-0.15, -0.1) is 0 Å². The summed E-state index contributed by atoms with van der Waals surface area (Å²) in [6, 6.07) is 10.7. The van der Waals surface area contributed by atoms with E-state index in [2.05, 4.69) is 0 Å². The molecule has 0 aliphatic heterocycles. The smallest absolute Gasteiger partial charge is 0.116 e. The molecule has 0 fully saturated rings. The van der Waals surface area contributed by atoms with Gasteiger partial charge in [0.25, 0.3) is 0 Å². The van der Waals surface area contributed by atoms with Gasteiger partial charge in [0.05, 0.1) is 6.61 Å². The monoisotopic (exact) mass is 258 g/mol. The average Bonchev–Trinajstić information content (AvgIpc) is 2.37. The molecule has 0 spiro atoms. The van der Waals surface area contributed by atoms with Gasteiger partial charge in [-0.3, -0.25) is 0 Å². The number of methoxy groups -OCH3 is 1. The predicted molar refractivity (Wildman–Crippen MR) is 77.9 cm³/mol. The molecule has 0 saturated heterocycles. The second-order valence-corrected chi connectivity index (χ2v) is 4.43. The van der Waals surface area contributed by atoms with Crippen molar-refractivity contribution in [1.82, 2.24) is 0 Å². The summed E-state index contributed by atoms with van der Waals surface area (Å²) in [6.07, 6.45) is 0.702. The van der Waals surface area contributed by atoms with Crippen LogP contribution in [0.5, 0.6) is 5.75 Å². The molecule has 0 heterocycles. The largest absolute Gasteiger partial charge is 0.508 e. The molecule has 0 amide bonds. The molecule has 2 rings (SSSR count). The van der Waals surface area contributed by atoms with Gasteiger partial charge >= 0.3 is 0 Å². The standard InChI is InChI=1S/C15H18N2O2/c1-19-6-5-13-14(8-11(16)9-15(13)17)10-3-2-4-12(18)7-10/h2-4,7-9,18H,5-6,16-17H2,1H3. The van der Waals surface area contributed by atoms with Crippen LogP contribution in [-0.2, 0) is 11.2 Å². The summed E-state index contributed by atoms with van der Waals surface area (Å²) < 4.78 is 5.11. The molecule has 4 nitrogen and oxygen atoms in total. The van der Waals surface area contributed by atoms with Crippen LogP contribution < -0.4 is 11.5 Å². The summed E-state index contributed by atoms with van der Waals surface area (Å²) in [7, 11) is 1.65. The van der Waals surface area contributed by atoms with E-state index in [1.54, 1.807) is 31.4 Å². The Labute approximate surface area is 112 Å². The molecule has 0 atom stereocenters. The van der Waals surface area contributed by atoms with Crippen molar-refractivity contribution in [3.05, 3.63) is 42.0 Å². The molecule has 0 aliphatic carbocycles. The van der Waals surface area contributed by atoms with Crippen LogP contribution in [0.15, 0.2) is 36.4 Å². The van der Waals surface area contributed by atoms with E-state index in [1.165, 1.54) is 0 Å². The Morgan fingerprint density at radius 3 is 2.63 bits per heavy atom. The number of anilines is 2. The van der Waals surface area contributed by atoms with Crippen LogP contribution in [-0.4, -0.2) is 18.8 Å². The van der Waals surface area contributed by atoms with Crippen molar-refractivity contribution in [2.24, 2.45) is 0 Å². The molecule has 0 aromatic heterocycles. The van der Waals surface area contributed by atoms with E-state index in [0.717, 1.165) is 16.7 Å². The van der Waals surface area contributed by atoms with Crippen LogP contribution in [0.4, 0.5) is 11.4 Å². The minimum atomic E-state index is 0.219. The molecule has 100 valence electrons. The number of nitrogens with two attached hydrogens (primary N) is 2. The zero-order chi connectivity index (χ0) is 13.8. The number of rotatable bonds is 4. The van der Waals surface area contributed by atoms with Gasteiger partial charge in [-0.05, 0) is 47.4 Å². The Balaban J connectivity index is 2.53. The Hall–Kier alpha value is -2.20. The predicted octanol–water partition coefficient (Wildman–Crippen LogP) is 2.41. The van der Waals surface area contributed by atoms with Crippen LogP contribution in [0.25, 0.3) is 11.1 Å². The second kappa shape index (κ2) is 5.63. The molecule has 2 aromatic carbocycles. The summed E-state index contributed by atoms with van der Waals surface area (Å²) >= 11 is 0. The molecular weight excluding hydrogens is 240 g/mol. The fraction of sp³-hybridized carbons (Fsp3) is 0.200. The van der Waals surface area contributed by atoms with E-state index in [1.807, 2.05) is 12.1 Å². The molecule has 4 heteroatoms. The zero-order valence-electron chi connectivity index (χ0n) is 10.9. The molecule has 0 unspecified atom stereocenters. The van der Waals surface area contributed by atoms with Crippen molar-refractivity contribution in [2.75, 3.05) is 25.2 Å². The molecule has 5 N–H and O–H groups in total. The minimum absolute atomic E-state index is 0.219. The number of benzene rings is 2. The maximum absolute atomic E-state index is 9.59. The van der Waals surface area contributed by atoms with E-state index in [9.17, 15) is 5.11 Å². The Morgan fingerprint density at radius 1 is 1.16 bits per heavy atom. The van der Waals surface area contributed by atoms with Gasteiger partial charge in [-0.25, -0.2) is 0 Å². The fourth-order valence-corrected chi connectivity index (χ4v) is 2.13. The van der Waals surface area contributed by atoms with Gasteiger partial charge in [0.15, 0.2) is 0 Å². The normalized spacial score (nSPS) is 10.6. The molecule has 19 heavy (non-hydrogen) atoms. The summed E-state index contributed by atoms with van der Waals surface area (Å²) in [6.45, 7) is 0.583. The Morgan fingerprint density at radius 2 is 1.95 bits per heavy atom. The van der Waals surface area contributed by atoms with Gasteiger partial charge in [0, 0.05) is 18.5 Å². The van der Waals surface area contributed by atoms with Crippen LogP contribution >= 0.6 is 0 Å². The zero-order valence-corrected chi connectivity index (χ0v) is 10.9. The third-order valence-corrected chi connectivity index (χ3v) is 3.02. The lowest BCUT2D eigenvalue weighted by Gasteiger charge is -2.14. The van der Waals surface area contributed by atoms with Crippen molar-refractivity contribution >= 4 is 11.4 Å². The minimum Gasteiger partial charge on any atom is -0.508 e. The van der Waals surface area contributed by atoms with Gasteiger partial charge < -0.3 is 21.3 Å². The maximum atomic E-state index is 9.59. The third-order valence-electron chi connectivity index (χ3n) is 3.02. The van der Waals surface area contributed by atoms with E-state index in [-0.39, 0.29) is 5.75 Å². The fourth-order valence-electron chi connectivity index (χ4n) is 2.13. The maximum Gasteiger partial charge on any atom is 0.116 e. The van der Waals surface area contributed by atoms with Gasteiger partial charge in [-0.1, -0.05) is 12.1 Å². The molecular formula is C15H18N2O2. The van der Waals surface area contributed by atoms with Gasteiger partial charge in [0.1, 0.15) is 5.75 Å². The molecule has 0 bridgehead atoms. The summed E-state index contributed by atoms with van der Waals surface area (Å²) in [4.78, 5) is 0. The lowest BCUT2D eigenvalue weighted by molar-refractivity contribution is 0.202. The second-order valence-electron chi connectivity index (χ2n) is 4.43. The summed E-state index contributed by atoms with van der Waals surface area (Å²) in [5.41, 5.74) is 16.0. The third kappa shape index (κ3) is 2.98. The topological polar surface area (TPSA) is 81.5 Å². The highest BCUT2D eigenvalue weighted by Crippen LogP contribution is 2.32. The summed E-state index contributed by atoms with van der Waals surface area (Å²) in [5.74, 6) is 0.219. The molecule has 0 radical (unpaired) electrons.